The molecule has 0 atom stereocenters. The summed E-state index contributed by atoms with van der Waals surface area (Å²) in [4.78, 5) is 14.4. The van der Waals surface area contributed by atoms with Gasteiger partial charge in [-0.25, -0.2) is 13.1 Å². The molecule has 1 fully saturated rings. The van der Waals surface area contributed by atoms with Crippen molar-refractivity contribution in [3.63, 3.8) is 0 Å². The van der Waals surface area contributed by atoms with Crippen molar-refractivity contribution >= 4 is 33.4 Å². The first-order valence-electron chi connectivity index (χ1n) is 9.60. The van der Waals surface area contributed by atoms with E-state index in [1.165, 1.54) is 5.56 Å². The molecule has 28 heavy (non-hydrogen) atoms. The lowest BCUT2D eigenvalue weighted by atomic mass is 10.2. The number of rotatable bonds is 8. The molecule has 1 saturated carbocycles. The van der Waals surface area contributed by atoms with Crippen molar-refractivity contribution in [2.24, 2.45) is 5.92 Å². The van der Waals surface area contributed by atoms with Gasteiger partial charge in [-0.05, 0) is 48.6 Å². The Kier molecular flexibility index (Phi) is 5.75. The molecule has 1 aliphatic heterocycles. The lowest BCUT2D eigenvalue weighted by Gasteiger charge is -2.17. The molecule has 0 bridgehead atoms. The fourth-order valence-corrected chi connectivity index (χ4v) is 5.45. The molecular weight excluding hydrogens is 392 g/mol. The van der Waals surface area contributed by atoms with E-state index in [-0.39, 0.29) is 16.7 Å². The highest BCUT2D eigenvalue weighted by Gasteiger charge is 2.36. The van der Waals surface area contributed by atoms with Crippen molar-refractivity contribution < 1.29 is 13.2 Å². The average Bonchev–Trinajstić information content (AvgIpc) is 3.47. The van der Waals surface area contributed by atoms with Crippen LogP contribution in [0.2, 0.25) is 0 Å². The van der Waals surface area contributed by atoms with Gasteiger partial charge in [0.15, 0.2) is 0 Å². The molecule has 7 heteroatoms. The van der Waals surface area contributed by atoms with Crippen LogP contribution in [0.15, 0.2) is 53.4 Å². The molecule has 4 rings (SSSR count). The van der Waals surface area contributed by atoms with Crippen molar-refractivity contribution in [2.75, 3.05) is 23.7 Å². The van der Waals surface area contributed by atoms with Crippen LogP contribution in [0.3, 0.4) is 0 Å². The van der Waals surface area contributed by atoms with Gasteiger partial charge in [-0.3, -0.25) is 4.79 Å². The Morgan fingerprint density at radius 1 is 1.14 bits per heavy atom. The van der Waals surface area contributed by atoms with Gasteiger partial charge in [-0.15, -0.1) is 0 Å². The van der Waals surface area contributed by atoms with E-state index in [0.29, 0.717) is 25.3 Å². The third kappa shape index (κ3) is 4.42. The first-order chi connectivity index (χ1) is 13.5. The Morgan fingerprint density at radius 2 is 1.93 bits per heavy atom. The Labute approximate surface area is 170 Å². The highest BCUT2D eigenvalue weighted by Crippen LogP contribution is 2.37. The zero-order chi connectivity index (χ0) is 19.6. The zero-order valence-corrected chi connectivity index (χ0v) is 17.3. The fraction of sp³-hybridized carbons (Fsp3) is 0.381. The predicted octanol–water partition coefficient (Wildman–Crippen LogP) is 3.20. The lowest BCUT2D eigenvalue weighted by Crippen LogP contribution is -2.30. The maximum atomic E-state index is 12.6. The molecule has 2 aromatic rings. The molecule has 5 nitrogen and oxygen atoms in total. The molecule has 1 aliphatic carbocycles. The number of hydrogen-bond donors (Lipinski definition) is 1. The monoisotopic (exact) mass is 416 g/mol. The summed E-state index contributed by atoms with van der Waals surface area (Å²) in [5, 5.41) is 0. The summed E-state index contributed by atoms with van der Waals surface area (Å²) >= 11 is 1.70. The third-order valence-corrected chi connectivity index (χ3v) is 7.59. The smallest absolute Gasteiger partial charge is 0.240 e. The molecule has 1 heterocycles. The number of benzene rings is 2. The number of nitrogens with one attached hydrogen (secondary N) is 1. The summed E-state index contributed by atoms with van der Waals surface area (Å²) in [6.45, 7) is 1.04. The van der Waals surface area contributed by atoms with E-state index in [1.54, 1.807) is 30.0 Å². The normalized spacial score (nSPS) is 16.2. The van der Waals surface area contributed by atoms with Crippen LogP contribution < -0.4 is 9.62 Å². The number of hydrogen-bond acceptors (Lipinski definition) is 4. The Bertz CT molecular complexity index is 957. The Morgan fingerprint density at radius 3 is 2.68 bits per heavy atom. The largest absolute Gasteiger partial charge is 0.312 e. The number of carbonyl (C=O) groups excluding carboxylic acids is 1. The summed E-state index contributed by atoms with van der Waals surface area (Å²) in [6.07, 6.45) is 2.66. The van der Waals surface area contributed by atoms with Gasteiger partial charge in [0, 0.05) is 36.2 Å². The SMILES string of the molecule is O=C(C1CC1)N1CCc2cc(S(=O)(=O)NCCSCc3ccccc3)ccc21. The minimum atomic E-state index is -3.54. The van der Waals surface area contributed by atoms with E-state index in [0.717, 1.165) is 29.8 Å². The number of fused-ring (bicyclic) bond motifs is 1. The van der Waals surface area contributed by atoms with Gasteiger partial charge in [0.25, 0.3) is 0 Å². The van der Waals surface area contributed by atoms with Crippen molar-refractivity contribution in [1.82, 2.24) is 4.72 Å². The van der Waals surface area contributed by atoms with Gasteiger partial charge in [0.1, 0.15) is 0 Å². The maximum Gasteiger partial charge on any atom is 0.240 e. The van der Waals surface area contributed by atoms with E-state index in [9.17, 15) is 13.2 Å². The van der Waals surface area contributed by atoms with Gasteiger partial charge in [-0.1, -0.05) is 30.3 Å². The van der Waals surface area contributed by atoms with Gasteiger partial charge in [0.2, 0.25) is 15.9 Å². The minimum absolute atomic E-state index is 0.171. The van der Waals surface area contributed by atoms with E-state index in [4.69, 9.17) is 0 Å². The van der Waals surface area contributed by atoms with E-state index < -0.39 is 10.0 Å². The van der Waals surface area contributed by atoms with Crippen LogP contribution in [0.5, 0.6) is 0 Å². The number of carbonyl (C=O) groups is 1. The number of thioether (sulfide) groups is 1. The first-order valence-corrected chi connectivity index (χ1v) is 12.2. The zero-order valence-electron chi connectivity index (χ0n) is 15.6. The first kappa shape index (κ1) is 19.5. The van der Waals surface area contributed by atoms with Crippen LogP contribution in [0, 0.1) is 5.92 Å². The van der Waals surface area contributed by atoms with E-state index >= 15 is 0 Å². The standard InChI is InChI=1S/C21H24N2O3S2/c24-21(17-6-7-17)23-12-10-18-14-19(8-9-20(18)23)28(25,26)22-11-13-27-15-16-4-2-1-3-5-16/h1-5,8-9,14,17,22H,6-7,10-13,15H2. The molecule has 1 N–H and O–H groups in total. The molecule has 0 unspecified atom stereocenters. The van der Waals surface area contributed by atoms with Crippen molar-refractivity contribution in [3.8, 4) is 0 Å². The quantitative estimate of drug-likeness (QED) is 0.671. The van der Waals surface area contributed by atoms with Gasteiger partial charge >= 0.3 is 0 Å². The lowest BCUT2D eigenvalue weighted by molar-refractivity contribution is -0.119. The van der Waals surface area contributed by atoms with Crippen molar-refractivity contribution in [3.05, 3.63) is 59.7 Å². The van der Waals surface area contributed by atoms with E-state index in [2.05, 4.69) is 16.9 Å². The summed E-state index contributed by atoms with van der Waals surface area (Å²) < 4.78 is 27.9. The summed E-state index contributed by atoms with van der Waals surface area (Å²) in [5.41, 5.74) is 3.05. The van der Waals surface area contributed by atoms with Crippen LogP contribution in [0.4, 0.5) is 5.69 Å². The highest BCUT2D eigenvalue weighted by atomic mass is 32.2. The highest BCUT2D eigenvalue weighted by molar-refractivity contribution is 7.98. The van der Waals surface area contributed by atoms with Gasteiger partial charge in [0.05, 0.1) is 4.90 Å². The van der Waals surface area contributed by atoms with Crippen molar-refractivity contribution in [1.29, 1.82) is 0 Å². The second-order valence-corrected chi connectivity index (χ2v) is 10.1. The number of anilines is 1. The Balaban J connectivity index is 1.32. The summed E-state index contributed by atoms with van der Waals surface area (Å²) in [7, 11) is -3.54. The van der Waals surface area contributed by atoms with Crippen LogP contribution in [-0.2, 0) is 27.0 Å². The number of amides is 1. The molecule has 0 aromatic heterocycles. The summed E-state index contributed by atoms with van der Waals surface area (Å²) in [5.74, 6) is 1.93. The molecule has 2 aromatic carbocycles. The van der Waals surface area contributed by atoms with E-state index in [1.807, 2.05) is 23.1 Å². The molecule has 148 valence electrons. The molecule has 2 aliphatic rings. The number of sulfonamides is 1. The average molecular weight is 417 g/mol. The maximum absolute atomic E-state index is 12.6. The van der Waals surface area contributed by atoms with Crippen LogP contribution >= 0.6 is 11.8 Å². The van der Waals surface area contributed by atoms with Crippen molar-refractivity contribution in [2.45, 2.75) is 29.9 Å². The van der Waals surface area contributed by atoms with Gasteiger partial charge in [-0.2, -0.15) is 11.8 Å². The third-order valence-electron chi connectivity index (χ3n) is 5.10. The second kappa shape index (κ2) is 8.27. The molecule has 0 radical (unpaired) electrons. The topological polar surface area (TPSA) is 66.5 Å². The molecule has 0 spiro atoms. The molecule has 0 saturated heterocycles. The van der Waals surface area contributed by atoms with Gasteiger partial charge < -0.3 is 4.90 Å². The number of nitrogens with zero attached hydrogens (tertiary/aromatic N) is 1. The van der Waals surface area contributed by atoms with Crippen LogP contribution in [0.25, 0.3) is 0 Å². The fourth-order valence-electron chi connectivity index (χ4n) is 3.42. The second-order valence-electron chi connectivity index (χ2n) is 7.24. The van der Waals surface area contributed by atoms with Crippen LogP contribution in [-0.4, -0.2) is 33.2 Å². The minimum Gasteiger partial charge on any atom is -0.312 e. The Hall–Kier alpha value is -1.83. The molecular formula is C21H24N2O3S2. The predicted molar refractivity (Wildman–Crippen MR) is 113 cm³/mol. The van der Waals surface area contributed by atoms with Crippen LogP contribution in [0.1, 0.15) is 24.0 Å². The molecule has 1 amide bonds. The summed E-state index contributed by atoms with van der Waals surface area (Å²) in [6, 6.07) is 15.2.